The maximum Gasteiger partial charge on any atom is 0.347 e. The van der Waals surface area contributed by atoms with Gasteiger partial charge in [0.25, 0.3) is 0 Å². The van der Waals surface area contributed by atoms with Crippen LogP contribution in [-0.2, 0) is 28.6 Å². The van der Waals surface area contributed by atoms with Crippen molar-refractivity contribution < 1.29 is 14.1 Å². The molecule has 0 aliphatic rings. The summed E-state index contributed by atoms with van der Waals surface area (Å²) in [6, 6.07) is 0. The van der Waals surface area contributed by atoms with Crippen molar-refractivity contribution >= 4 is 16.8 Å². The highest BCUT2D eigenvalue weighted by molar-refractivity contribution is 7.84. The van der Waals surface area contributed by atoms with Crippen LogP contribution in [0.3, 0.4) is 0 Å². The minimum Gasteiger partial charge on any atom is -0.481 e. The van der Waals surface area contributed by atoms with E-state index in [-0.39, 0.29) is 12.1 Å². The van der Waals surface area contributed by atoms with Crippen molar-refractivity contribution in [2.24, 2.45) is 0 Å². The Hall–Kier alpha value is -1.50. The van der Waals surface area contributed by atoms with Gasteiger partial charge >= 0.3 is 11.7 Å². The van der Waals surface area contributed by atoms with E-state index in [1.54, 1.807) is 20.1 Å². The quantitative estimate of drug-likeness (QED) is 0.798. The third kappa shape index (κ3) is 4.56. The van der Waals surface area contributed by atoms with Crippen LogP contribution in [0.25, 0.3) is 0 Å². The van der Waals surface area contributed by atoms with Gasteiger partial charge in [-0.25, -0.2) is 4.79 Å². The molecule has 0 spiro atoms. The van der Waals surface area contributed by atoms with Crippen molar-refractivity contribution in [1.29, 1.82) is 0 Å². The van der Waals surface area contributed by atoms with Gasteiger partial charge in [0.15, 0.2) is 0 Å². The van der Waals surface area contributed by atoms with Crippen molar-refractivity contribution in [2.45, 2.75) is 39.7 Å². The zero-order chi connectivity index (χ0) is 15.3. The van der Waals surface area contributed by atoms with Crippen LogP contribution >= 0.6 is 0 Å². The highest BCUT2D eigenvalue weighted by Crippen LogP contribution is 2.12. The standard InChI is InChI=1S/C13H20N2O4S/c1-9-11(5-6-12(16)17)10(2)15(13(18)14-9)7-4-8-20(3)19/h4-8H2,1-3H3,(H,16,17). The lowest BCUT2D eigenvalue weighted by atomic mass is 10.1. The molecule has 0 amide bonds. The molecule has 0 radical (unpaired) electrons. The van der Waals surface area contributed by atoms with Crippen LogP contribution < -0.4 is 5.69 Å². The van der Waals surface area contributed by atoms with Gasteiger partial charge in [-0.2, -0.15) is 4.98 Å². The first-order valence-electron chi connectivity index (χ1n) is 6.41. The summed E-state index contributed by atoms with van der Waals surface area (Å²) >= 11 is 0. The zero-order valence-electron chi connectivity index (χ0n) is 12.0. The molecule has 1 aromatic heterocycles. The Bertz CT molecular complexity index is 580. The topological polar surface area (TPSA) is 89.3 Å². The molecule has 1 atom stereocenters. The molecule has 1 aromatic rings. The molecule has 0 fully saturated rings. The molecular formula is C13H20N2O4S. The minimum atomic E-state index is -0.885. The van der Waals surface area contributed by atoms with Crippen LogP contribution in [0.5, 0.6) is 0 Å². The third-order valence-corrected chi connectivity index (χ3v) is 4.04. The lowest BCUT2D eigenvalue weighted by Crippen LogP contribution is -2.28. The smallest absolute Gasteiger partial charge is 0.347 e. The fourth-order valence-corrected chi connectivity index (χ4v) is 2.66. The largest absolute Gasteiger partial charge is 0.481 e. The lowest BCUT2D eigenvalue weighted by molar-refractivity contribution is -0.136. The van der Waals surface area contributed by atoms with E-state index in [4.69, 9.17) is 5.11 Å². The van der Waals surface area contributed by atoms with Crippen LogP contribution in [0.1, 0.15) is 29.8 Å². The summed E-state index contributed by atoms with van der Waals surface area (Å²) in [7, 11) is -0.885. The Morgan fingerprint density at radius 2 is 2.05 bits per heavy atom. The van der Waals surface area contributed by atoms with Crippen molar-refractivity contribution in [3.63, 3.8) is 0 Å². The molecule has 1 heterocycles. The van der Waals surface area contributed by atoms with Gasteiger partial charge in [-0.15, -0.1) is 0 Å². The Balaban J connectivity index is 2.99. The molecule has 0 aromatic carbocycles. The number of nitrogens with zero attached hydrogens (tertiary/aromatic N) is 2. The molecule has 0 aliphatic heterocycles. The summed E-state index contributed by atoms with van der Waals surface area (Å²) in [5, 5.41) is 8.76. The Kier molecular flexibility index (Phi) is 6.06. The summed E-state index contributed by atoms with van der Waals surface area (Å²) in [6.45, 7) is 3.98. The predicted octanol–water partition coefficient (Wildman–Crippen LogP) is 0.646. The maximum absolute atomic E-state index is 11.9. The number of carbonyl (C=O) groups is 1. The maximum atomic E-state index is 11.9. The summed E-state index contributed by atoms with van der Waals surface area (Å²) < 4.78 is 12.6. The molecule has 0 aliphatic carbocycles. The number of hydrogen-bond acceptors (Lipinski definition) is 4. The molecule has 1 N–H and O–H groups in total. The average molecular weight is 300 g/mol. The minimum absolute atomic E-state index is 0.0144. The van der Waals surface area contributed by atoms with Gasteiger partial charge in [0.2, 0.25) is 0 Å². The van der Waals surface area contributed by atoms with E-state index >= 15 is 0 Å². The van der Waals surface area contributed by atoms with Crippen LogP contribution in [0, 0.1) is 13.8 Å². The molecule has 1 rings (SSSR count). The van der Waals surface area contributed by atoms with E-state index in [1.165, 1.54) is 4.57 Å². The van der Waals surface area contributed by atoms with E-state index in [9.17, 15) is 13.8 Å². The van der Waals surface area contributed by atoms with Gasteiger partial charge in [0, 0.05) is 47.2 Å². The van der Waals surface area contributed by atoms with Gasteiger partial charge in [-0.3, -0.25) is 13.6 Å². The van der Waals surface area contributed by atoms with Crippen molar-refractivity contribution in [3.05, 3.63) is 27.4 Å². The average Bonchev–Trinajstić information content (AvgIpc) is 2.32. The number of aromatic nitrogens is 2. The fourth-order valence-electron chi connectivity index (χ4n) is 2.12. The number of hydrogen-bond donors (Lipinski definition) is 1. The molecule has 6 nitrogen and oxygen atoms in total. The third-order valence-electron chi connectivity index (χ3n) is 3.17. The van der Waals surface area contributed by atoms with Crippen LogP contribution in [0.4, 0.5) is 0 Å². The zero-order valence-corrected chi connectivity index (χ0v) is 12.8. The lowest BCUT2D eigenvalue weighted by Gasteiger charge is -2.14. The molecule has 112 valence electrons. The van der Waals surface area contributed by atoms with E-state index < -0.39 is 16.8 Å². The number of aliphatic carboxylic acids is 1. The summed E-state index contributed by atoms with van der Waals surface area (Å²) in [6.07, 6.45) is 2.63. The highest BCUT2D eigenvalue weighted by atomic mass is 32.2. The van der Waals surface area contributed by atoms with Gasteiger partial charge < -0.3 is 5.11 Å². The molecule has 20 heavy (non-hydrogen) atoms. The fraction of sp³-hybridized carbons (Fsp3) is 0.615. The molecule has 0 bridgehead atoms. The second-order valence-corrected chi connectivity index (χ2v) is 6.27. The molecule has 1 unspecified atom stereocenters. The van der Waals surface area contributed by atoms with E-state index in [2.05, 4.69) is 4.98 Å². The number of carboxylic acids is 1. The van der Waals surface area contributed by atoms with E-state index in [0.29, 0.717) is 30.8 Å². The summed E-state index contributed by atoms with van der Waals surface area (Å²) in [5.74, 6) is -0.340. The summed E-state index contributed by atoms with van der Waals surface area (Å²) in [4.78, 5) is 26.5. The first-order valence-corrected chi connectivity index (χ1v) is 8.14. The first-order chi connectivity index (χ1) is 9.32. The molecule has 0 saturated carbocycles. The molecule has 0 saturated heterocycles. The molecule has 7 heteroatoms. The molecular weight excluding hydrogens is 280 g/mol. The van der Waals surface area contributed by atoms with Crippen molar-refractivity contribution in [1.82, 2.24) is 9.55 Å². The Morgan fingerprint density at radius 3 is 2.60 bits per heavy atom. The number of aryl methyl sites for hydroxylation is 1. The van der Waals surface area contributed by atoms with Gasteiger partial charge in [-0.1, -0.05) is 0 Å². The summed E-state index contributed by atoms with van der Waals surface area (Å²) in [5.41, 5.74) is 1.82. The predicted molar refractivity (Wildman–Crippen MR) is 77.5 cm³/mol. The Labute approximate surface area is 120 Å². The Morgan fingerprint density at radius 1 is 1.40 bits per heavy atom. The first kappa shape index (κ1) is 16.6. The van der Waals surface area contributed by atoms with Gasteiger partial charge in [0.05, 0.1) is 0 Å². The second kappa shape index (κ2) is 7.33. The highest BCUT2D eigenvalue weighted by Gasteiger charge is 2.12. The second-order valence-electron chi connectivity index (χ2n) is 4.72. The van der Waals surface area contributed by atoms with Gasteiger partial charge in [-0.05, 0) is 32.3 Å². The number of rotatable bonds is 7. The van der Waals surface area contributed by atoms with Gasteiger partial charge in [0.1, 0.15) is 0 Å². The van der Waals surface area contributed by atoms with Crippen LogP contribution in [-0.4, -0.2) is 36.8 Å². The monoisotopic (exact) mass is 300 g/mol. The van der Waals surface area contributed by atoms with Crippen LogP contribution in [0.15, 0.2) is 4.79 Å². The van der Waals surface area contributed by atoms with Crippen LogP contribution in [0.2, 0.25) is 0 Å². The van der Waals surface area contributed by atoms with E-state index in [0.717, 1.165) is 11.3 Å². The number of carboxylic acid groups (broad SMARTS) is 1. The van der Waals surface area contributed by atoms with Crippen molar-refractivity contribution in [2.75, 3.05) is 12.0 Å². The normalized spacial score (nSPS) is 12.3. The SMILES string of the molecule is Cc1nc(=O)n(CCCS(C)=O)c(C)c1CCC(=O)O. The van der Waals surface area contributed by atoms with E-state index in [1.807, 2.05) is 0 Å². The van der Waals surface area contributed by atoms with Crippen molar-refractivity contribution in [3.8, 4) is 0 Å².